The normalized spacial score (nSPS) is 11.7. The molecule has 4 N–H and O–H groups in total. The van der Waals surface area contributed by atoms with Gasteiger partial charge in [0.2, 0.25) is 10.0 Å². The summed E-state index contributed by atoms with van der Waals surface area (Å²) >= 11 is 12.0. The molecule has 0 saturated heterocycles. The fraction of sp³-hybridized carbons (Fsp3) is 0.211. The summed E-state index contributed by atoms with van der Waals surface area (Å²) < 4.78 is 33.6. The number of alkyl halides is 1. The van der Waals surface area contributed by atoms with Crippen LogP contribution in [0.5, 0.6) is 17.2 Å². The average Bonchev–Trinajstić information content (AvgIpc) is 3.10. The molecule has 0 bridgehead atoms. The average molecular weight is 473 g/mol. The van der Waals surface area contributed by atoms with Crippen LogP contribution in [0.15, 0.2) is 35.2 Å². The van der Waals surface area contributed by atoms with Gasteiger partial charge in [-0.2, -0.15) is 0 Å². The number of rotatable bonds is 8. The topological polar surface area (TPSA) is 129 Å². The summed E-state index contributed by atoms with van der Waals surface area (Å²) in [5.41, 5.74) is 1.01. The van der Waals surface area contributed by atoms with Crippen molar-refractivity contribution in [2.24, 2.45) is 0 Å². The molecule has 30 heavy (non-hydrogen) atoms. The van der Waals surface area contributed by atoms with E-state index in [9.17, 15) is 23.4 Å². The van der Waals surface area contributed by atoms with Crippen LogP contribution in [0.3, 0.4) is 0 Å². The molecule has 8 nitrogen and oxygen atoms in total. The zero-order valence-corrected chi connectivity index (χ0v) is 18.0. The summed E-state index contributed by atoms with van der Waals surface area (Å²) in [5.74, 6) is -0.990. The summed E-state index contributed by atoms with van der Waals surface area (Å²) in [4.78, 5) is 13.7. The number of phenols is 1. The number of hydrogen-bond donors (Lipinski definition) is 4. The predicted octanol–water partition coefficient (Wildman–Crippen LogP) is 4.23. The fourth-order valence-corrected chi connectivity index (χ4v) is 4.53. The molecule has 0 fully saturated rings. The molecule has 160 valence electrons. The molecule has 0 unspecified atom stereocenters. The maximum absolute atomic E-state index is 12.7. The molecule has 0 spiro atoms. The van der Waals surface area contributed by atoms with E-state index < -0.39 is 16.0 Å². The summed E-state index contributed by atoms with van der Waals surface area (Å²) in [6, 6.07) is 6.68. The van der Waals surface area contributed by atoms with Gasteiger partial charge in [0.05, 0.1) is 5.02 Å². The number of sulfonamides is 1. The smallest absolute Gasteiger partial charge is 0.352 e. The molecular formula is C19H18Cl2N2O6S. The van der Waals surface area contributed by atoms with E-state index in [2.05, 4.69) is 9.71 Å². The number of carboxylic acid groups (broad SMARTS) is 1. The number of fused-ring (bicyclic) bond motifs is 1. The number of benzene rings is 2. The number of aromatic carboxylic acids is 1. The van der Waals surface area contributed by atoms with Crippen molar-refractivity contribution in [2.45, 2.75) is 18.2 Å². The van der Waals surface area contributed by atoms with Gasteiger partial charge in [0, 0.05) is 29.4 Å². The van der Waals surface area contributed by atoms with Crippen molar-refractivity contribution in [1.29, 1.82) is 0 Å². The first kappa shape index (κ1) is 22.2. The maximum Gasteiger partial charge on any atom is 0.352 e. The second-order valence-electron chi connectivity index (χ2n) is 6.46. The van der Waals surface area contributed by atoms with Crippen molar-refractivity contribution in [3.05, 3.63) is 46.6 Å². The zero-order valence-electron chi connectivity index (χ0n) is 15.7. The van der Waals surface area contributed by atoms with Crippen LogP contribution in [0.2, 0.25) is 5.02 Å². The van der Waals surface area contributed by atoms with Gasteiger partial charge in [0.25, 0.3) is 0 Å². The highest BCUT2D eigenvalue weighted by atomic mass is 35.5. The van der Waals surface area contributed by atoms with Gasteiger partial charge in [-0.3, -0.25) is 0 Å². The molecule has 1 aromatic heterocycles. The van der Waals surface area contributed by atoms with Crippen LogP contribution in [0.4, 0.5) is 0 Å². The van der Waals surface area contributed by atoms with Crippen LogP contribution in [0, 0.1) is 6.92 Å². The lowest BCUT2D eigenvalue weighted by Gasteiger charge is -2.15. The third-order valence-electron chi connectivity index (χ3n) is 4.26. The van der Waals surface area contributed by atoms with Gasteiger partial charge in [0.15, 0.2) is 0 Å². The number of aromatic hydroxyl groups is 1. The highest BCUT2D eigenvalue weighted by molar-refractivity contribution is 7.89. The number of halogens is 2. The Labute approximate surface area is 182 Å². The van der Waals surface area contributed by atoms with E-state index in [1.165, 1.54) is 18.2 Å². The van der Waals surface area contributed by atoms with E-state index in [4.69, 9.17) is 27.9 Å². The van der Waals surface area contributed by atoms with Gasteiger partial charge >= 0.3 is 5.97 Å². The molecule has 3 aromatic rings. The Bertz CT molecular complexity index is 1220. The molecule has 1 heterocycles. The van der Waals surface area contributed by atoms with E-state index in [-0.39, 0.29) is 45.3 Å². The third kappa shape index (κ3) is 4.49. The van der Waals surface area contributed by atoms with Gasteiger partial charge in [0.1, 0.15) is 27.8 Å². The second-order valence-corrected chi connectivity index (χ2v) is 8.95. The summed E-state index contributed by atoms with van der Waals surface area (Å²) in [6.45, 7) is 1.81. The molecule has 0 amide bonds. The molecular weight excluding hydrogens is 455 g/mol. The molecule has 2 aromatic carbocycles. The number of hydrogen-bond acceptors (Lipinski definition) is 5. The quantitative estimate of drug-likeness (QED) is 0.286. The first-order valence-electron chi connectivity index (χ1n) is 8.75. The lowest BCUT2D eigenvalue weighted by atomic mass is 10.1. The Hall–Kier alpha value is -2.46. The summed E-state index contributed by atoms with van der Waals surface area (Å²) in [5, 5.41) is 19.5. The number of carboxylic acids is 1. The van der Waals surface area contributed by atoms with Crippen LogP contribution >= 0.6 is 23.2 Å². The Balaban J connectivity index is 2.06. The first-order chi connectivity index (χ1) is 14.1. The van der Waals surface area contributed by atoms with Crippen molar-refractivity contribution in [1.82, 2.24) is 9.71 Å². The lowest BCUT2D eigenvalue weighted by molar-refractivity contribution is 0.0691. The van der Waals surface area contributed by atoms with Crippen molar-refractivity contribution < 1.29 is 28.2 Å². The number of ether oxygens (including phenoxy) is 1. The highest BCUT2D eigenvalue weighted by Crippen LogP contribution is 2.41. The third-order valence-corrected chi connectivity index (χ3v) is 6.39. The minimum absolute atomic E-state index is 0.0418. The van der Waals surface area contributed by atoms with Gasteiger partial charge in [-0.05, 0) is 43.2 Å². The maximum atomic E-state index is 12.7. The largest absolute Gasteiger partial charge is 0.508 e. The Kier molecular flexibility index (Phi) is 6.47. The standard InChI is InChI=1S/C19H18Cl2N2O6S/c1-10-7-13-12(9-14(23-13)19(25)26)17(21)18(10)29-15-4-3-11(24)8-16(15)30(27,28)22-6-2-5-20/h3-4,7-9,22-24H,2,5-6H2,1H3,(H,25,26). The highest BCUT2D eigenvalue weighted by Gasteiger charge is 2.23. The Morgan fingerprint density at radius 1 is 1.27 bits per heavy atom. The van der Waals surface area contributed by atoms with Crippen LogP contribution in [-0.2, 0) is 10.0 Å². The van der Waals surface area contributed by atoms with Crippen molar-refractivity contribution >= 4 is 50.1 Å². The molecule has 11 heteroatoms. The number of H-pyrrole nitrogens is 1. The molecule has 0 atom stereocenters. The van der Waals surface area contributed by atoms with Crippen LogP contribution in [-0.4, -0.2) is 42.0 Å². The first-order valence-corrected chi connectivity index (χ1v) is 11.1. The van der Waals surface area contributed by atoms with Crippen LogP contribution in [0.25, 0.3) is 10.9 Å². The number of aryl methyl sites for hydroxylation is 1. The molecule has 0 aliphatic heterocycles. The minimum Gasteiger partial charge on any atom is -0.508 e. The minimum atomic E-state index is -4.00. The predicted molar refractivity (Wildman–Crippen MR) is 114 cm³/mol. The van der Waals surface area contributed by atoms with E-state index >= 15 is 0 Å². The summed E-state index contributed by atoms with van der Waals surface area (Å²) in [7, 11) is -4.00. The number of aromatic amines is 1. The van der Waals surface area contributed by atoms with Crippen molar-refractivity contribution in [3.63, 3.8) is 0 Å². The SMILES string of the molecule is Cc1cc2[nH]c(C(=O)O)cc2c(Cl)c1Oc1ccc(O)cc1S(=O)(=O)NCCCCl. The van der Waals surface area contributed by atoms with Gasteiger partial charge in [-0.1, -0.05) is 11.6 Å². The van der Waals surface area contributed by atoms with Gasteiger partial charge in [-0.15, -0.1) is 11.6 Å². The molecule has 0 aliphatic rings. The van der Waals surface area contributed by atoms with E-state index in [0.717, 1.165) is 6.07 Å². The molecule has 0 saturated carbocycles. The Morgan fingerprint density at radius 3 is 2.67 bits per heavy atom. The summed E-state index contributed by atoms with van der Waals surface area (Å²) in [6.07, 6.45) is 0.427. The molecule has 0 aliphatic carbocycles. The van der Waals surface area contributed by atoms with Crippen LogP contribution < -0.4 is 9.46 Å². The fourth-order valence-electron chi connectivity index (χ4n) is 2.84. The lowest BCUT2D eigenvalue weighted by Crippen LogP contribution is -2.25. The van der Waals surface area contributed by atoms with Crippen molar-refractivity contribution in [2.75, 3.05) is 12.4 Å². The van der Waals surface area contributed by atoms with Gasteiger partial charge in [-0.25, -0.2) is 17.9 Å². The monoisotopic (exact) mass is 472 g/mol. The number of carbonyl (C=O) groups is 1. The number of aromatic nitrogens is 1. The van der Waals surface area contributed by atoms with E-state index in [0.29, 0.717) is 22.9 Å². The molecule has 3 rings (SSSR count). The van der Waals surface area contributed by atoms with Crippen LogP contribution in [0.1, 0.15) is 22.5 Å². The Morgan fingerprint density at radius 2 is 2.00 bits per heavy atom. The van der Waals surface area contributed by atoms with E-state index in [1.807, 2.05) is 0 Å². The second kappa shape index (κ2) is 8.73. The zero-order chi connectivity index (χ0) is 22.1. The van der Waals surface area contributed by atoms with E-state index in [1.54, 1.807) is 13.0 Å². The number of phenolic OH excluding ortho intramolecular Hbond substituents is 1. The number of nitrogens with one attached hydrogen (secondary N) is 2. The van der Waals surface area contributed by atoms with Gasteiger partial charge < -0.3 is 19.9 Å². The van der Waals surface area contributed by atoms with Crippen molar-refractivity contribution in [3.8, 4) is 17.2 Å². The molecule has 0 radical (unpaired) electrons.